The summed E-state index contributed by atoms with van der Waals surface area (Å²) >= 11 is 0. The second-order valence-electron chi connectivity index (χ2n) is 2.96. The molecule has 0 saturated heterocycles. The molecule has 0 aliphatic carbocycles. The van der Waals surface area contributed by atoms with Gasteiger partial charge in [0.15, 0.2) is 0 Å². The standard InChI is InChI=1S/C10H12N2O4/c1-2-7-5-12-9(16-7)6-11-8(13)3-4-10(14)15/h3-5H,2,6H2,1H3,(H,11,13)(H,14,15)/b4-3+. The first kappa shape index (κ1) is 12.0. The number of amides is 1. The van der Waals surface area contributed by atoms with Gasteiger partial charge in [0.1, 0.15) is 5.76 Å². The molecular formula is C10H12N2O4. The number of carboxylic acids is 1. The van der Waals surface area contributed by atoms with E-state index in [2.05, 4.69) is 10.3 Å². The number of carbonyl (C=O) groups excluding carboxylic acids is 1. The van der Waals surface area contributed by atoms with Crippen LogP contribution in [0.2, 0.25) is 0 Å². The van der Waals surface area contributed by atoms with Gasteiger partial charge in [-0.1, -0.05) is 6.92 Å². The van der Waals surface area contributed by atoms with Gasteiger partial charge in [-0.3, -0.25) is 4.79 Å². The molecular weight excluding hydrogens is 212 g/mol. The van der Waals surface area contributed by atoms with Crippen LogP contribution in [0, 0.1) is 0 Å². The van der Waals surface area contributed by atoms with Crippen molar-refractivity contribution in [1.82, 2.24) is 10.3 Å². The number of aryl methyl sites for hydroxylation is 1. The zero-order valence-electron chi connectivity index (χ0n) is 8.77. The quantitative estimate of drug-likeness (QED) is 0.710. The van der Waals surface area contributed by atoms with Crippen LogP contribution in [0.1, 0.15) is 18.6 Å². The number of aromatic nitrogens is 1. The van der Waals surface area contributed by atoms with E-state index in [-0.39, 0.29) is 6.54 Å². The van der Waals surface area contributed by atoms with Crippen LogP contribution in [0.5, 0.6) is 0 Å². The first-order chi connectivity index (χ1) is 7.61. The highest BCUT2D eigenvalue weighted by molar-refractivity contribution is 5.93. The number of carboxylic acid groups (broad SMARTS) is 1. The number of aliphatic carboxylic acids is 1. The lowest BCUT2D eigenvalue weighted by molar-refractivity contribution is -0.131. The Morgan fingerprint density at radius 1 is 1.56 bits per heavy atom. The average Bonchev–Trinajstić information content (AvgIpc) is 2.71. The summed E-state index contributed by atoms with van der Waals surface area (Å²) in [6.07, 6.45) is 4.03. The van der Waals surface area contributed by atoms with Gasteiger partial charge in [-0.25, -0.2) is 9.78 Å². The number of rotatable bonds is 5. The van der Waals surface area contributed by atoms with Crippen molar-refractivity contribution in [2.45, 2.75) is 19.9 Å². The molecule has 0 saturated carbocycles. The van der Waals surface area contributed by atoms with E-state index in [4.69, 9.17) is 9.52 Å². The van der Waals surface area contributed by atoms with E-state index in [1.807, 2.05) is 6.92 Å². The highest BCUT2D eigenvalue weighted by Gasteiger charge is 2.03. The van der Waals surface area contributed by atoms with Gasteiger partial charge in [0.05, 0.1) is 12.7 Å². The normalized spacial score (nSPS) is 10.6. The first-order valence-electron chi connectivity index (χ1n) is 4.74. The van der Waals surface area contributed by atoms with Crippen LogP contribution in [0.15, 0.2) is 22.8 Å². The summed E-state index contributed by atoms with van der Waals surface area (Å²) in [5.74, 6) is -0.530. The molecule has 2 N–H and O–H groups in total. The van der Waals surface area contributed by atoms with Crippen molar-refractivity contribution in [2.75, 3.05) is 0 Å². The first-order valence-corrected chi connectivity index (χ1v) is 4.74. The van der Waals surface area contributed by atoms with Crippen LogP contribution < -0.4 is 5.32 Å². The van der Waals surface area contributed by atoms with Gasteiger partial charge >= 0.3 is 5.97 Å². The Morgan fingerprint density at radius 2 is 2.31 bits per heavy atom. The summed E-state index contributed by atoms with van der Waals surface area (Å²) in [4.78, 5) is 25.1. The molecule has 0 spiro atoms. The predicted molar refractivity (Wildman–Crippen MR) is 54.5 cm³/mol. The lowest BCUT2D eigenvalue weighted by Gasteiger charge is -1.96. The number of carbonyl (C=O) groups is 2. The number of hydrogen-bond acceptors (Lipinski definition) is 4. The number of nitrogens with one attached hydrogen (secondary N) is 1. The minimum Gasteiger partial charge on any atom is -0.478 e. The minimum atomic E-state index is -1.17. The summed E-state index contributed by atoms with van der Waals surface area (Å²) < 4.78 is 5.24. The van der Waals surface area contributed by atoms with Crippen LogP contribution in [0.25, 0.3) is 0 Å². The van der Waals surface area contributed by atoms with E-state index in [0.29, 0.717) is 5.89 Å². The van der Waals surface area contributed by atoms with Gasteiger partial charge in [0, 0.05) is 18.6 Å². The van der Waals surface area contributed by atoms with Crippen molar-refractivity contribution in [3.63, 3.8) is 0 Å². The molecule has 0 aliphatic rings. The number of hydrogen-bond donors (Lipinski definition) is 2. The summed E-state index contributed by atoms with van der Waals surface area (Å²) in [6.45, 7) is 2.07. The van der Waals surface area contributed by atoms with Gasteiger partial charge in [-0.05, 0) is 0 Å². The molecule has 1 aromatic rings. The zero-order valence-corrected chi connectivity index (χ0v) is 8.77. The maximum Gasteiger partial charge on any atom is 0.328 e. The molecule has 1 aromatic heterocycles. The van der Waals surface area contributed by atoms with Crippen LogP contribution in [0.4, 0.5) is 0 Å². The molecule has 0 radical (unpaired) electrons. The topological polar surface area (TPSA) is 92.4 Å². The lowest BCUT2D eigenvalue weighted by atomic mass is 10.4. The van der Waals surface area contributed by atoms with Gasteiger partial charge in [-0.2, -0.15) is 0 Å². The highest BCUT2D eigenvalue weighted by atomic mass is 16.4. The Bertz CT molecular complexity index is 409. The SMILES string of the molecule is CCc1cnc(CNC(=O)/C=C/C(=O)O)o1. The summed E-state index contributed by atoms with van der Waals surface area (Å²) in [7, 11) is 0. The fraction of sp³-hybridized carbons (Fsp3) is 0.300. The molecule has 1 heterocycles. The molecule has 1 amide bonds. The van der Waals surface area contributed by atoms with Crippen molar-refractivity contribution in [2.24, 2.45) is 0 Å². The van der Waals surface area contributed by atoms with E-state index in [1.54, 1.807) is 6.20 Å². The zero-order chi connectivity index (χ0) is 12.0. The average molecular weight is 224 g/mol. The number of oxazole rings is 1. The minimum absolute atomic E-state index is 0.142. The second kappa shape index (κ2) is 5.69. The smallest absolute Gasteiger partial charge is 0.328 e. The third-order valence-electron chi connectivity index (χ3n) is 1.74. The van der Waals surface area contributed by atoms with E-state index < -0.39 is 11.9 Å². The third kappa shape index (κ3) is 3.95. The predicted octanol–water partition coefficient (Wildman–Crippen LogP) is 0.494. The second-order valence-corrected chi connectivity index (χ2v) is 2.96. The van der Waals surface area contributed by atoms with Crippen molar-refractivity contribution >= 4 is 11.9 Å². The van der Waals surface area contributed by atoms with E-state index in [0.717, 1.165) is 24.3 Å². The molecule has 0 unspecified atom stereocenters. The maximum atomic E-state index is 11.1. The fourth-order valence-electron chi connectivity index (χ4n) is 0.962. The number of nitrogens with zero attached hydrogens (tertiary/aromatic N) is 1. The molecule has 1 rings (SSSR count). The van der Waals surface area contributed by atoms with Gasteiger partial charge in [-0.15, -0.1) is 0 Å². The Kier molecular flexibility index (Phi) is 4.26. The van der Waals surface area contributed by atoms with Crippen molar-refractivity contribution < 1.29 is 19.1 Å². The lowest BCUT2D eigenvalue weighted by Crippen LogP contribution is -2.20. The highest BCUT2D eigenvalue weighted by Crippen LogP contribution is 2.03. The summed E-state index contributed by atoms with van der Waals surface area (Å²) in [5.41, 5.74) is 0. The molecule has 0 aliphatic heterocycles. The van der Waals surface area contributed by atoms with Gasteiger partial charge in [0.25, 0.3) is 0 Å². The van der Waals surface area contributed by atoms with Crippen molar-refractivity contribution in [3.05, 3.63) is 30.0 Å². The Morgan fingerprint density at radius 3 is 2.88 bits per heavy atom. The van der Waals surface area contributed by atoms with Crippen LogP contribution in [0.3, 0.4) is 0 Å². The summed E-state index contributed by atoms with van der Waals surface area (Å²) in [6, 6.07) is 0. The third-order valence-corrected chi connectivity index (χ3v) is 1.74. The Balaban J connectivity index is 2.39. The molecule has 6 heteroatoms. The molecule has 6 nitrogen and oxygen atoms in total. The van der Waals surface area contributed by atoms with E-state index in [1.165, 1.54) is 0 Å². The maximum absolute atomic E-state index is 11.1. The summed E-state index contributed by atoms with van der Waals surface area (Å²) in [5, 5.41) is 10.7. The molecule has 0 bridgehead atoms. The van der Waals surface area contributed by atoms with Gasteiger partial charge < -0.3 is 14.8 Å². The Hall–Kier alpha value is -2.11. The molecule has 0 atom stereocenters. The van der Waals surface area contributed by atoms with Gasteiger partial charge in [0.2, 0.25) is 11.8 Å². The fourth-order valence-corrected chi connectivity index (χ4v) is 0.962. The molecule has 16 heavy (non-hydrogen) atoms. The largest absolute Gasteiger partial charge is 0.478 e. The monoisotopic (exact) mass is 224 g/mol. The Labute approximate surface area is 92.0 Å². The molecule has 86 valence electrons. The molecule has 0 fully saturated rings. The van der Waals surface area contributed by atoms with Crippen molar-refractivity contribution in [3.8, 4) is 0 Å². The van der Waals surface area contributed by atoms with Crippen LogP contribution in [-0.4, -0.2) is 22.0 Å². The molecule has 0 aromatic carbocycles. The van der Waals surface area contributed by atoms with E-state index >= 15 is 0 Å². The van der Waals surface area contributed by atoms with Crippen LogP contribution in [-0.2, 0) is 22.6 Å². The van der Waals surface area contributed by atoms with Crippen LogP contribution >= 0.6 is 0 Å². The van der Waals surface area contributed by atoms with Crippen molar-refractivity contribution in [1.29, 1.82) is 0 Å². The van der Waals surface area contributed by atoms with E-state index in [9.17, 15) is 9.59 Å².